The van der Waals surface area contributed by atoms with Crippen molar-refractivity contribution < 1.29 is 0 Å². The van der Waals surface area contributed by atoms with Crippen LogP contribution in [0.15, 0.2) is 29.6 Å². The van der Waals surface area contributed by atoms with Crippen LogP contribution in [-0.4, -0.2) is 7.05 Å². The van der Waals surface area contributed by atoms with Crippen LogP contribution in [0.3, 0.4) is 0 Å². The Bertz CT molecular complexity index is 513. The highest BCUT2D eigenvalue weighted by molar-refractivity contribution is 7.10. The molecule has 1 N–H and O–H groups in total. The fourth-order valence-electron chi connectivity index (χ4n) is 2.24. The summed E-state index contributed by atoms with van der Waals surface area (Å²) in [5.74, 6) is 0. The Morgan fingerprint density at radius 3 is 2.41 bits per heavy atom. The van der Waals surface area contributed by atoms with Gasteiger partial charge in [0.2, 0.25) is 0 Å². The van der Waals surface area contributed by atoms with Crippen molar-refractivity contribution in [3.8, 4) is 0 Å². The van der Waals surface area contributed by atoms with E-state index in [0.717, 1.165) is 0 Å². The van der Waals surface area contributed by atoms with E-state index in [2.05, 4.69) is 55.7 Å². The molecule has 0 saturated heterocycles. The first-order valence-corrected chi connectivity index (χ1v) is 6.80. The molecular weight excluding hydrogens is 226 g/mol. The van der Waals surface area contributed by atoms with Crippen LogP contribution in [0, 0.1) is 20.8 Å². The number of nitrogens with one attached hydrogen (secondary N) is 1. The SMILES string of the molecule is CNC(c1cc(C)ccc1C)c1ccsc1C. The lowest BCUT2D eigenvalue weighted by Gasteiger charge is -2.19. The molecule has 1 heterocycles. The summed E-state index contributed by atoms with van der Waals surface area (Å²) in [7, 11) is 2.03. The van der Waals surface area contributed by atoms with Crippen molar-refractivity contribution in [2.45, 2.75) is 26.8 Å². The van der Waals surface area contributed by atoms with Crippen molar-refractivity contribution in [3.63, 3.8) is 0 Å². The molecule has 0 spiro atoms. The van der Waals surface area contributed by atoms with E-state index in [9.17, 15) is 0 Å². The van der Waals surface area contributed by atoms with Gasteiger partial charge >= 0.3 is 0 Å². The third-order valence-corrected chi connectivity index (χ3v) is 4.11. The van der Waals surface area contributed by atoms with E-state index in [1.54, 1.807) is 0 Å². The highest BCUT2D eigenvalue weighted by atomic mass is 32.1. The fraction of sp³-hybridized carbons (Fsp3) is 0.333. The van der Waals surface area contributed by atoms with E-state index in [4.69, 9.17) is 0 Å². The van der Waals surface area contributed by atoms with Gasteiger partial charge in [0.1, 0.15) is 0 Å². The third kappa shape index (κ3) is 2.43. The first-order chi connectivity index (χ1) is 8.13. The zero-order chi connectivity index (χ0) is 12.4. The van der Waals surface area contributed by atoms with Crippen molar-refractivity contribution in [2.75, 3.05) is 7.05 Å². The predicted molar refractivity (Wildman–Crippen MR) is 75.9 cm³/mol. The molecule has 0 radical (unpaired) electrons. The zero-order valence-electron chi connectivity index (χ0n) is 10.9. The molecule has 2 heteroatoms. The van der Waals surface area contributed by atoms with Gasteiger partial charge in [0.25, 0.3) is 0 Å². The van der Waals surface area contributed by atoms with E-state index in [1.165, 1.54) is 27.1 Å². The molecule has 0 aliphatic carbocycles. The summed E-state index contributed by atoms with van der Waals surface area (Å²) in [6.45, 7) is 6.52. The number of hydrogen-bond donors (Lipinski definition) is 1. The highest BCUT2D eigenvalue weighted by Crippen LogP contribution is 2.30. The molecule has 1 unspecified atom stereocenters. The van der Waals surface area contributed by atoms with E-state index in [-0.39, 0.29) is 0 Å². The van der Waals surface area contributed by atoms with Gasteiger partial charge in [-0.25, -0.2) is 0 Å². The van der Waals surface area contributed by atoms with Crippen molar-refractivity contribution in [1.29, 1.82) is 0 Å². The summed E-state index contributed by atoms with van der Waals surface area (Å²) in [6, 6.07) is 9.19. The number of thiophene rings is 1. The summed E-state index contributed by atoms with van der Waals surface area (Å²) in [5.41, 5.74) is 5.44. The van der Waals surface area contributed by atoms with Gasteiger partial charge in [0.15, 0.2) is 0 Å². The summed E-state index contributed by atoms with van der Waals surface area (Å²) in [5, 5.41) is 5.60. The molecule has 1 aromatic carbocycles. The Balaban J connectivity index is 2.49. The maximum Gasteiger partial charge on any atom is 0.0587 e. The van der Waals surface area contributed by atoms with Crippen molar-refractivity contribution in [1.82, 2.24) is 5.32 Å². The second-order valence-corrected chi connectivity index (χ2v) is 5.63. The molecule has 0 aliphatic rings. The Labute approximate surface area is 108 Å². The van der Waals surface area contributed by atoms with Gasteiger partial charge in [-0.3, -0.25) is 0 Å². The maximum absolute atomic E-state index is 3.44. The lowest BCUT2D eigenvalue weighted by Crippen LogP contribution is -2.19. The summed E-state index contributed by atoms with van der Waals surface area (Å²) >= 11 is 1.81. The number of rotatable bonds is 3. The molecule has 90 valence electrons. The van der Waals surface area contributed by atoms with Crippen molar-refractivity contribution in [2.24, 2.45) is 0 Å². The van der Waals surface area contributed by atoms with Crippen LogP contribution < -0.4 is 5.32 Å². The van der Waals surface area contributed by atoms with Crippen molar-refractivity contribution in [3.05, 3.63) is 56.8 Å². The molecule has 0 fully saturated rings. The van der Waals surface area contributed by atoms with Gasteiger partial charge in [-0.15, -0.1) is 11.3 Å². The number of aryl methyl sites for hydroxylation is 3. The molecule has 2 rings (SSSR count). The monoisotopic (exact) mass is 245 g/mol. The number of hydrogen-bond acceptors (Lipinski definition) is 2. The van der Waals surface area contributed by atoms with E-state index in [1.807, 2.05) is 18.4 Å². The lowest BCUT2D eigenvalue weighted by molar-refractivity contribution is 0.686. The third-order valence-electron chi connectivity index (χ3n) is 3.24. The fourth-order valence-corrected chi connectivity index (χ4v) is 2.98. The molecule has 0 bridgehead atoms. The van der Waals surface area contributed by atoms with Crippen molar-refractivity contribution >= 4 is 11.3 Å². The van der Waals surface area contributed by atoms with Gasteiger partial charge in [0, 0.05) is 4.88 Å². The second-order valence-electron chi connectivity index (χ2n) is 4.51. The second kappa shape index (κ2) is 5.03. The molecule has 17 heavy (non-hydrogen) atoms. The molecule has 0 amide bonds. The van der Waals surface area contributed by atoms with Gasteiger partial charge in [0.05, 0.1) is 6.04 Å². The Kier molecular flexibility index (Phi) is 3.65. The largest absolute Gasteiger partial charge is 0.309 e. The molecular formula is C15H19NS. The van der Waals surface area contributed by atoms with Gasteiger partial charge in [-0.1, -0.05) is 23.8 Å². The summed E-state index contributed by atoms with van der Waals surface area (Å²) in [4.78, 5) is 1.39. The Morgan fingerprint density at radius 1 is 1.06 bits per heavy atom. The molecule has 0 aliphatic heterocycles. The van der Waals surface area contributed by atoms with E-state index in [0.29, 0.717) is 6.04 Å². The Hall–Kier alpha value is -1.12. The molecule has 1 atom stereocenters. The minimum absolute atomic E-state index is 0.307. The van der Waals surface area contributed by atoms with Gasteiger partial charge in [-0.2, -0.15) is 0 Å². The average Bonchev–Trinajstić information content (AvgIpc) is 2.71. The normalized spacial score (nSPS) is 12.7. The maximum atomic E-state index is 3.44. The topological polar surface area (TPSA) is 12.0 Å². The lowest BCUT2D eigenvalue weighted by atomic mass is 9.94. The van der Waals surface area contributed by atoms with E-state index < -0.39 is 0 Å². The van der Waals surface area contributed by atoms with Crippen LogP contribution >= 0.6 is 11.3 Å². The molecule has 1 nitrogen and oxygen atoms in total. The van der Waals surface area contributed by atoms with Gasteiger partial charge < -0.3 is 5.32 Å². The van der Waals surface area contributed by atoms with Gasteiger partial charge in [-0.05, 0) is 56.0 Å². The number of benzene rings is 1. The molecule has 1 aromatic heterocycles. The predicted octanol–water partition coefficient (Wildman–Crippen LogP) is 3.98. The van der Waals surface area contributed by atoms with Crippen LogP contribution in [0.4, 0.5) is 0 Å². The van der Waals surface area contributed by atoms with Crippen LogP contribution in [-0.2, 0) is 0 Å². The van der Waals surface area contributed by atoms with E-state index >= 15 is 0 Å². The smallest absolute Gasteiger partial charge is 0.0587 e. The van der Waals surface area contributed by atoms with Crippen LogP contribution in [0.1, 0.15) is 33.2 Å². The first kappa shape index (κ1) is 12.3. The first-order valence-electron chi connectivity index (χ1n) is 5.92. The highest BCUT2D eigenvalue weighted by Gasteiger charge is 2.16. The Morgan fingerprint density at radius 2 is 1.82 bits per heavy atom. The molecule has 0 saturated carbocycles. The van der Waals surface area contributed by atoms with Crippen LogP contribution in [0.5, 0.6) is 0 Å². The average molecular weight is 245 g/mol. The quantitative estimate of drug-likeness (QED) is 0.862. The standard InChI is InChI=1S/C15H19NS/c1-10-5-6-11(2)14(9-10)15(16-4)13-7-8-17-12(13)3/h5-9,15-16H,1-4H3. The minimum Gasteiger partial charge on any atom is -0.309 e. The molecule has 2 aromatic rings. The van der Waals surface area contributed by atoms with Crippen LogP contribution in [0.2, 0.25) is 0 Å². The minimum atomic E-state index is 0.307. The summed E-state index contributed by atoms with van der Waals surface area (Å²) in [6.07, 6.45) is 0. The van der Waals surface area contributed by atoms with Crippen LogP contribution in [0.25, 0.3) is 0 Å². The zero-order valence-corrected chi connectivity index (χ0v) is 11.7. The summed E-state index contributed by atoms with van der Waals surface area (Å²) < 4.78 is 0.